The normalized spacial score (nSPS) is 16.5. The van der Waals surface area contributed by atoms with Crippen LogP contribution in [0.3, 0.4) is 0 Å². The number of carbonyl (C=O) groups is 1. The number of methoxy groups -OCH3 is 1. The van der Waals surface area contributed by atoms with Crippen molar-refractivity contribution >= 4 is 48.2 Å². The average Bonchev–Trinajstić information content (AvgIpc) is 3.55. The molecule has 1 atom stereocenters. The number of ether oxygens (including phenoxy) is 1. The first-order valence-electron chi connectivity index (χ1n) is 21.6. The number of fused-ring (bicyclic) bond motifs is 2. The van der Waals surface area contributed by atoms with Crippen molar-refractivity contribution in [2.75, 3.05) is 18.6 Å². The molecular weight excluding hydrogens is 815 g/mol. The molecule has 6 aromatic rings. The number of aryl methyl sites for hydroxylation is 1. The Bertz CT molecular complexity index is 2730. The number of rotatable bonds is 15. The number of oxazole rings is 1. The highest BCUT2D eigenvalue weighted by atomic mass is 28.4. The van der Waals surface area contributed by atoms with Gasteiger partial charge in [0, 0.05) is 60.4 Å². The summed E-state index contributed by atoms with van der Waals surface area (Å²) >= 11 is 0. The Hall–Kier alpha value is -5.93. The van der Waals surface area contributed by atoms with Gasteiger partial charge in [-0.3, -0.25) is 14.3 Å². The number of anilines is 1. The average molecular weight is 874 g/mol. The molecule has 7 rings (SSSR count). The lowest BCUT2D eigenvalue weighted by atomic mass is 9.89. The van der Waals surface area contributed by atoms with E-state index in [4.69, 9.17) is 19.3 Å². The minimum absolute atomic E-state index is 0.0129. The van der Waals surface area contributed by atoms with E-state index in [1.165, 1.54) is 11.0 Å². The number of allylic oxidation sites excluding steroid dienone is 1. The molecule has 0 bridgehead atoms. The summed E-state index contributed by atoms with van der Waals surface area (Å²) in [4.78, 5) is 42.6. The van der Waals surface area contributed by atoms with Crippen molar-refractivity contribution in [2.45, 2.75) is 102 Å². The Morgan fingerprint density at radius 2 is 1.78 bits per heavy atom. The molecule has 14 heteroatoms. The molecule has 1 aliphatic rings. The van der Waals surface area contributed by atoms with Crippen molar-refractivity contribution < 1.29 is 28.6 Å². The highest BCUT2D eigenvalue weighted by Gasteiger charge is 2.40. The maximum absolute atomic E-state index is 13.3. The third kappa shape index (κ3) is 9.99. The summed E-state index contributed by atoms with van der Waals surface area (Å²) in [6, 6.07) is 25.8. The van der Waals surface area contributed by atoms with E-state index in [0.717, 1.165) is 40.7 Å². The van der Waals surface area contributed by atoms with E-state index in [0.29, 0.717) is 72.3 Å². The van der Waals surface area contributed by atoms with Crippen molar-refractivity contribution in [3.8, 4) is 22.6 Å². The molecule has 0 aliphatic heterocycles. The third-order valence-electron chi connectivity index (χ3n) is 12.7. The number of aromatic hydroxyl groups is 1. The number of pyridine rings is 1. The van der Waals surface area contributed by atoms with Gasteiger partial charge in [0.2, 0.25) is 5.56 Å². The van der Waals surface area contributed by atoms with Crippen LogP contribution in [-0.2, 0) is 17.5 Å². The fourth-order valence-electron chi connectivity index (χ4n) is 8.25. The third-order valence-corrected chi connectivity index (χ3v) is 17.2. The Kier molecular flexibility index (Phi) is 13.5. The molecule has 0 spiro atoms. The van der Waals surface area contributed by atoms with E-state index in [9.17, 15) is 24.6 Å². The van der Waals surface area contributed by atoms with Crippen LogP contribution >= 0.6 is 0 Å². The zero-order chi connectivity index (χ0) is 45.1. The van der Waals surface area contributed by atoms with Gasteiger partial charge in [-0.1, -0.05) is 81.5 Å². The summed E-state index contributed by atoms with van der Waals surface area (Å²) in [6.45, 7) is 12.0. The molecule has 1 amide bonds. The van der Waals surface area contributed by atoms with Gasteiger partial charge in [-0.25, -0.2) is 9.59 Å². The van der Waals surface area contributed by atoms with Gasteiger partial charge in [-0.15, -0.1) is 0 Å². The fraction of sp³-hybridized carbons (Fsp3) is 0.367. The van der Waals surface area contributed by atoms with Crippen molar-refractivity contribution in [1.82, 2.24) is 14.9 Å². The summed E-state index contributed by atoms with van der Waals surface area (Å²) in [7, 11) is -0.710. The molecule has 6 N–H and O–H groups in total. The molecule has 13 nitrogen and oxygen atoms in total. The second kappa shape index (κ2) is 18.8. The SMILES string of the molecule is COc1cc2c(cc1CNC[C@H](O[Si](C)(C)C(C)(C)C)c1ccc(O)c3[nH]c(=O)ccc13)oc(=O)n2CCC=Cc1ccc(-c2ccccc2)c(N(C(=O)O)C2CCC(N)CC2)c1. The van der Waals surface area contributed by atoms with Crippen molar-refractivity contribution in [3.63, 3.8) is 0 Å². The molecular formula is C49H59N5O8Si. The molecule has 2 aromatic heterocycles. The first kappa shape index (κ1) is 45.1. The van der Waals surface area contributed by atoms with Crippen LogP contribution in [0.5, 0.6) is 11.5 Å². The van der Waals surface area contributed by atoms with E-state index >= 15 is 0 Å². The molecule has 1 saturated carbocycles. The number of phenols is 1. The van der Waals surface area contributed by atoms with Crippen LogP contribution < -0.4 is 32.0 Å². The number of nitrogens with two attached hydrogens (primary N) is 1. The lowest BCUT2D eigenvalue weighted by molar-refractivity contribution is 0.181. The number of amides is 1. The molecule has 332 valence electrons. The second-order valence-corrected chi connectivity index (χ2v) is 22.7. The Labute approximate surface area is 368 Å². The number of H-pyrrole nitrogens is 1. The number of phenolic OH excluding ortho intramolecular Hbond substituents is 1. The molecule has 2 heterocycles. The largest absolute Gasteiger partial charge is 0.506 e. The number of aromatic nitrogens is 2. The van der Waals surface area contributed by atoms with Gasteiger partial charge in [0.15, 0.2) is 13.9 Å². The molecule has 4 aromatic carbocycles. The lowest BCUT2D eigenvalue weighted by Crippen LogP contribution is -2.44. The van der Waals surface area contributed by atoms with Crippen LogP contribution in [0.4, 0.5) is 10.5 Å². The zero-order valence-electron chi connectivity index (χ0n) is 36.9. The molecule has 0 radical (unpaired) electrons. The summed E-state index contributed by atoms with van der Waals surface area (Å²) < 4.78 is 20.2. The number of aromatic amines is 1. The fourth-order valence-corrected chi connectivity index (χ4v) is 9.52. The van der Waals surface area contributed by atoms with Crippen LogP contribution in [0.2, 0.25) is 18.1 Å². The van der Waals surface area contributed by atoms with Gasteiger partial charge < -0.3 is 39.8 Å². The molecule has 0 unspecified atom stereocenters. The van der Waals surface area contributed by atoms with Gasteiger partial charge in [0.1, 0.15) is 11.5 Å². The molecule has 1 fully saturated rings. The van der Waals surface area contributed by atoms with Crippen molar-refractivity contribution in [3.05, 3.63) is 129 Å². The number of carboxylic acid groups (broad SMARTS) is 1. The number of nitrogens with one attached hydrogen (secondary N) is 2. The molecule has 63 heavy (non-hydrogen) atoms. The first-order chi connectivity index (χ1) is 30.0. The second-order valence-electron chi connectivity index (χ2n) is 18.0. The van der Waals surface area contributed by atoms with Crippen LogP contribution in [-0.4, -0.2) is 59.9 Å². The van der Waals surface area contributed by atoms with Gasteiger partial charge in [0.25, 0.3) is 0 Å². The predicted molar refractivity (Wildman–Crippen MR) is 252 cm³/mol. The van der Waals surface area contributed by atoms with E-state index in [-0.39, 0.29) is 28.4 Å². The van der Waals surface area contributed by atoms with E-state index in [2.05, 4.69) is 44.2 Å². The van der Waals surface area contributed by atoms with Crippen molar-refractivity contribution in [2.24, 2.45) is 5.73 Å². The van der Waals surface area contributed by atoms with Gasteiger partial charge in [0.05, 0.1) is 29.9 Å². The zero-order valence-corrected chi connectivity index (χ0v) is 37.9. The lowest BCUT2D eigenvalue weighted by Gasteiger charge is -2.39. The monoisotopic (exact) mass is 873 g/mol. The Balaban J connectivity index is 1.09. The Morgan fingerprint density at radius 3 is 2.48 bits per heavy atom. The highest BCUT2D eigenvalue weighted by molar-refractivity contribution is 6.74. The smallest absolute Gasteiger partial charge is 0.419 e. The van der Waals surface area contributed by atoms with Gasteiger partial charge in [-0.05, 0) is 91.2 Å². The van der Waals surface area contributed by atoms with Gasteiger partial charge >= 0.3 is 11.8 Å². The van der Waals surface area contributed by atoms with Crippen LogP contribution in [0.25, 0.3) is 39.2 Å². The Morgan fingerprint density at radius 1 is 1.03 bits per heavy atom. The quantitative estimate of drug-likeness (QED) is 0.0623. The number of hydrogen-bond donors (Lipinski definition) is 5. The summed E-state index contributed by atoms with van der Waals surface area (Å²) in [5.74, 6) is 0.0917. The van der Waals surface area contributed by atoms with Crippen LogP contribution in [0.1, 0.15) is 75.7 Å². The van der Waals surface area contributed by atoms with E-state index in [1.54, 1.807) is 23.8 Å². The van der Waals surface area contributed by atoms with E-state index in [1.807, 2.05) is 78.9 Å². The van der Waals surface area contributed by atoms with Crippen LogP contribution in [0, 0.1) is 0 Å². The predicted octanol–water partition coefficient (Wildman–Crippen LogP) is 9.53. The summed E-state index contributed by atoms with van der Waals surface area (Å²) in [5, 5.41) is 25.3. The maximum Gasteiger partial charge on any atom is 0.419 e. The highest BCUT2D eigenvalue weighted by Crippen LogP contribution is 2.42. The van der Waals surface area contributed by atoms with Crippen LogP contribution in [0.15, 0.2) is 105 Å². The number of nitrogens with zero attached hydrogens (tertiary/aromatic N) is 2. The van der Waals surface area contributed by atoms with Crippen molar-refractivity contribution in [1.29, 1.82) is 0 Å². The summed E-state index contributed by atoms with van der Waals surface area (Å²) in [6.07, 6.45) is 5.99. The molecule has 1 aliphatic carbocycles. The standard InChI is InChI=1S/C49H59N5O8Si/c1-49(2,3)63(5,6)62-44(37-21-23-41(55)46-38(37)22-24-45(56)52-46)30-51-29-33-27-43-40(28-42(33)60-4)53(48(59)61-43)25-11-10-12-31-15-20-36(32-13-8-7-9-14-32)39(26-31)54(47(57)58)35-18-16-34(50)17-19-35/h7-10,12-15,20-24,26-28,34-35,44,51,55H,11,16-19,25,29-30,50H2,1-6H3,(H,52,56)(H,57,58)/t34?,35?,44-/m0/s1. The molecule has 0 saturated heterocycles. The first-order valence-corrected chi connectivity index (χ1v) is 24.5. The number of hydrogen-bond acceptors (Lipinski definition) is 9. The van der Waals surface area contributed by atoms with E-state index < -0.39 is 26.3 Å². The summed E-state index contributed by atoms with van der Waals surface area (Å²) in [5.41, 5.74) is 12.2. The minimum Gasteiger partial charge on any atom is -0.506 e. The minimum atomic E-state index is -2.30. The van der Waals surface area contributed by atoms with Gasteiger partial charge in [-0.2, -0.15) is 0 Å². The topological polar surface area (TPSA) is 185 Å². The maximum atomic E-state index is 13.3. The number of benzene rings is 4.